The highest BCUT2D eigenvalue weighted by Crippen LogP contribution is 2.09. The Hall–Kier alpha value is -0.860. The molecule has 1 fully saturated rings. The zero-order chi connectivity index (χ0) is 12.6. The molecule has 1 atom stereocenters. The number of hydrogen-bond acceptors (Lipinski definition) is 2. The van der Waals surface area contributed by atoms with Gasteiger partial charge in [0.05, 0.1) is 0 Å². The zero-order valence-corrected chi connectivity index (χ0v) is 11.6. The van der Waals surface area contributed by atoms with Crippen LogP contribution in [0.25, 0.3) is 0 Å². The Kier molecular flexibility index (Phi) is 5.69. The minimum atomic E-state index is 0.700. The molecule has 1 aliphatic heterocycles. The number of nitrogens with zero attached hydrogens (tertiary/aromatic N) is 1. The third kappa shape index (κ3) is 4.79. The standard InChI is InChI=1S/C16H26N2/c1-15-8-5-6-12-18(13-7-11-17-15)14-16-9-3-2-4-10-16/h2-4,9-10,15,17H,5-8,11-14H2,1H3. The first kappa shape index (κ1) is 13.6. The van der Waals surface area contributed by atoms with E-state index >= 15 is 0 Å². The van der Waals surface area contributed by atoms with E-state index in [1.165, 1.54) is 44.3 Å². The fourth-order valence-corrected chi connectivity index (χ4v) is 2.65. The van der Waals surface area contributed by atoms with Gasteiger partial charge < -0.3 is 5.32 Å². The predicted octanol–water partition coefficient (Wildman–Crippen LogP) is 3.04. The Balaban J connectivity index is 1.83. The maximum atomic E-state index is 3.61. The number of benzene rings is 1. The molecular formula is C16H26N2. The molecule has 0 aliphatic carbocycles. The molecule has 1 aliphatic rings. The summed E-state index contributed by atoms with van der Waals surface area (Å²) < 4.78 is 0. The molecule has 0 aromatic heterocycles. The Morgan fingerprint density at radius 2 is 1.89 bits per heavy atom. The monoisotopic (exact) mass is 246 g/mol. The van der Waals surface area contributed by atoms with Crippen molar-refractivity contribution in [3.05, 3.63) is 35.9 Å². The van der Waals surface area contributed by atoms with Gasteiger partial charge in [-0.05, 0) is 51.4 Å². The summed E-state index contributed by atoms with van der Waals surface area (Å²) in [6, 6.07) is 11.5. The fraction of sp³-hybridized carbons (Fsp3) is 0.625. The van der Waals surface area contributed by atoms with Crippen molar-refractivity contribution in [3.8, 4) is 0 Å². The van der Waals surface area contributed by atoms with Crippen LogP contribution in [0.1, 0.15) is 38.2 Å². The minimum Gasteiger partial charge on any atom is -0.314 e. The molecule has 100 valence electrons. The highest BCUT2D eigenvalue weighted by atomic mass is 15.1. The smallest absolute Gasteiger partial charge is 0.0233 e. The Morgan fingerprint density at radius 3 is 2.72 bits per heavy atom. The van der Waals surface area contributed by atoms with E-state index in [9.17, 15) is 0 Å². The summed E-state index contributed by atoms with van der Waals surface area (Å²) in [5, 5.41) is 3.61. The van der Waals surface area contributed by atoms with Crippen molar-refractivity contribution in [2.24, 2.45) is 0 Å². The molecule has 0 radical (unpaired) electrons. The van der Waals surface area contributed by atoms with Crippen LogP contribution in [0.2, 0.25) is 0 Å². The van der Waals surface area contributed by atoms with Crippen LogP contribution in [0.4, 0.5) is 0 Å². The second kappa shape index (κ2) is 7.55. The van der Waals surface area contributed by atoms with Crippen LogP contribution >= 0.6 is 0 Å². The van der Waals surface area contributed by atoms with Gasteiger partial charge in [-0.1, -0.05) is 36.8 Å². The van der Waals surface area contributed by atoms with Gasteiger partial charge in [0.2, 0.25) is 0 Å². The van der Waals surface area contributed by atoms with E-state index in [1.54, 1.807) is 0 Å². The average Bonchev–Trinajstić information content (AvgIpc) is 2.40. The van der Waals surface area contributed by atoms with Crippen molar-refractivity contribution in [1.29, 1.82) is 0 Å². The lowest BCUT2D eigenvalue weighted by Gasteiger charge is -2.25. The van der Waals surface area contributed by atoms with Crippen LogP contribution in [-0.4, -0.2) is 30.6 Å². The lowest BCUT2D eigenvalue weighted by molar-refractivity contribution is 0.245. The Bertz CT molecular complexity index is 311. The molecule has 1 saturated heterocycles. The van der Waals surface area contributed by atoms with Crippen molar-refractivity contribution in [2.75, 3.05) is 19.6 Å². The third-order valence-electron chi connectivity index (χ3n) is 3.75. The molecule has 2 nitrogen and oxygen atoms in total. The molecule has 1 aromatic carbocycles. The maximum absolute atomic E-state index is 3.61. The largest absolute Gasteiger partial charge is 0.314 e. The molecule has 0 spiro atoms. The second-order valence-corrected chi connectivity index (χ2v) is 5.47. The highest BCUT2D eigenvalue weighted by molar-refractivity contribution is 5.14. The van der Waals surface area contributed by atoms with Crippen molar-refractivity contribution in [2.45, 2.75) is 45.2 Å². The lowest BCUT2D eigenvalue weighted by Crippen LogP contribution is -2.33. The quantitative estimate of drug-likeness (QED) is 0.863. The number of hydrogen-bond donors (Lipinski definition) is 1. The van der Waals surface area contributed by atoms with E-state index < -0.39 is 0 Å². The molecule has 1 aromatic rings. The van der Waals surface area contributed by atoms with Gasteiger partial charge in [-0.2, -0.15) is 0 Å². The van der Waals surface area contributed by atoms with Gasteiger partial charge in [-0.25, -0.2) is 0 Å². The van der Waals surface area contributed by atoms with Gasteiger partial charge in [0, 0.05) is 12.6 Å². The summed E-state index contributed by atoms with van der Waals surface area (Å²) in [4.78, 5) is 2.60. The molecule has 2 heteroatoms. The first-order chi connectivity index (χ1) is 8.84. The molecular weight excluding hydrogens is 220 g/mol. The van der Waals surface area contributed by atoms with Crippen molar-refractivity contribution in [1.82, 2.24) is 10.2 Å². The predicted molar refractivity (Wildman–Crippen MR) is 77.7 cm³/mol. The third-order valence-corrected chi connectivity index (χ3v) is 3.75. The first-order valence-corrected chi connectivity index (χ1v) is 7.34. The summed E-state index contributed by atoms with van der Waals surface area (Å²) in [7, 11) is 0. The Morgan fingerprint density at radius 1 is 1.11 bits per heavy atom. The normalized spacial score (nSPS) is 23.7. The molecule has 0 bridgehead atoms. The maximum Gasteiger partial charge on any atom is 0.0233 e. The van der Waals surface area contributed by atoms with Gasteiger partial charge in [-0.3, -0.25) is 4.90 Å². The molecule has 1 N–H and O–H groups in total. The van der Waals surface area contributed by atoms with E-state index in [4.69, 9.17) is 0 Å². The lowest BCUT2D eigenvalue weighted by atomic mass is 10.1. The number of rotatable bonds is 2. The van der Waals surface area contributed by atoms with E-state index in [2.05, 4.69) is 47.5 Å². The van der Waals surface area contributed by atoms with Gasteiger partial charge in [0.15, 0.2) is 0 Å². The fourth-order valence-electron chi connectivity index (χ4n) is 2.65. The van der Waals surface area contributed by atoms with Crippen molar-refractivity contribution < 1.29 is 0 Å². The molecule has 1 unspecified atom stereocenters. The van der Waals surface area contributed by atoms with Crippen LogP contribution in [0.3, 0.4) is 0 Å². The second-order valence-electron chi connectivity index (χ2n) is 5.47. The van der Waals surface area contributed by atoms with Crippen LogP contribution in [0.5, 0.6) is 0 Å². The van der Waals surface area contributed by atoms with E-state index in [1.807, 2.05) is 0 Å². The van der Waals surface area contributed by atoms with Crippen molar-refractivity contribution >= 4 is 0 Å². The molecule has 0 amide bonds. The SMILES string of the molecule is CC1CCCCN(Cc2ccccc2)CCCN1. The number of nitrogens with one attached hydrogen (secondary N) is 1. The van der Waals surface area contributed by atoms with E-state index in [0.29, 0.717) is 6.04 Å². The van der Waals surface area contributed by atoms with Gasteiger partial charge in [0.25, 0.3) is 0 Å². The first-order valence-electron chi connectivity index (χ1n) is 7.34. The van der Waals surface area contributed by atoms with Gasteiger partial charge >= 0.3 is 0 Å². The van der Waals surface area contributed by atoms with Gasteiger partial charge in [0.1, 0.15) is 0 Å². The van der Waals surface area contributed by atoms with E-state index in [-0.39, 0.29) is 0 Å². The minimum absolute atomic E-state index is 0.700. The summed E-state index contributed by atoms with van der Waals surface area (Å²) in [5.41, 5.74) is 1.44. The van der Waals surface area contributed by atoms with Crippen LogP contribution in [0.15, 0.2) is 30.3 Å². The van der Waals surface area contributed by atoms with Crippen LogP contribution in [0, 0.1) is 0 Å². The van der Waals surface area contributed by atoms with E-state index in [0.717, 1.165) is 13.1 Å². The summed E-state index contributed by atoms with van der Waals surface area (Å²) in [5.74, 6) is 0. The summed E-state index contributed by atoms with van der Waals surface area (Å²) in [6.07, 6.45) is 5.26. The molecule has 1 heterocycles. The molecule has 0 saturated carbocycles. The zero-order valence-electron chi connectivity index (χ0n) is 11.6. The summed E-state index contributed by atoms with van der Waals surface area (Å²) >= 11 is 0. The average molecular weight is 246 g/mol. The topological polar surface area (TPSA) is 15.3 Å². The van der Waals surface area contributed by atoms with Gasteiger partial charge in [-0.15, -0.1) is 0 Å². The molecule has 18 heavy (non-hydrogen) atoms. The Labute approximate surface area is 111 Å². The van der Waals surface area contributed by atoms with Crippen LogP contribution in [-0.2, 0) is 6.54 Å². The molecule has 2 rings (SSSR count). The van der Waals surface area contributed by atoms with Crippen LogP contribution < -0.4 is 5.32 Å². The summed E-state index contributed by atoms with van der Waals surface area (Å²) in [6.45, 7) is 7.04. The highest BCUT2D eigenvalue weighted by Gasteiger charge is 2.09. The van der Waals surface area contributed by atoms with Crippen molar-refractivity contribution in [3.63, 3.8) is 0 Å².